The summed E-state index contributed by atoms with van der Waals surface area (Å²) in [5, 5.41) is 5.17. The SMILES string of the molecule is C1=CC(c2ccccc2)(c2ccccc2)c2ccc3c(c21)B1c2ccc4c(c2N(c2ccccc2)c2cccc(c21)N3c1ccccc1)c1cccc2c3ccccc3n4c21. The van der Waals surface area contributed by atoms with Crippen molar-refractivity contribution in [3.63, 3.8) is 0 Å². The highest BCUT2D eigenvalue weighted by atomic mass is 15.2. The van der Waals surface area contributed by atoms with Gasteiger partial charge in [-0.2, -0.15) is 0 Å². The van der Waals surface area contributed by atoms with E-state index in [1.54, 1.807) is 0 Å². The fourth-order valence-corrected chi connectivity index (χ4v) is 11.6. The van der Waals surface area contributed by atoms with Crippen LogP contribution in [0.1, 0.15) is 22.3 Å². The van der Waals surface area contributed by atoms with E-state index in [1.165, 1.54) is 99.5 Å². The maximum absolute atomic E-state index is 2.57. The maximum Gasteiger partial charge on any atom is 0.252 e. The molecule has 0 unspecified atom stereocenters. The first kappa shape index (κ1) is 33.1. The Hall–Kier alpha value is -7.82. The summed E-state index contributed by atoms with van der Waals surface area (Å²) in [6.07, 6.45) is 4.92. The number of aromatic nitrogens is 1. The van der Waals surface area contributed by atoms with Crippen LogP contribution in [-0.2, 0) is 5.41 Å². The molecule has 9 aromatic carbocycles. The third-order valence-electron chi connectivity index (χ3n) is 14.0. The molecule has 11 aromatic rings. The van der Waals surface area contributed by atoms with Gasteiger partial charge in [-0.15, -0.1) is 0 Å². The molecule has 1 aliphatic carbocycles. The summed E-state index contributed by atoms with van der Waals surface area (Å²) in [5.41, 5.74) is 19.7. The Balaban J connectivity index is 1.14. The Kier molecular flexibility index (Phi) is 6.57. The normalized spacial score (nSPS) is 14.5. The fraction of sp³-hybridized carbons (Fsp3) is 0.0175. The highest BCUT2D eigenvalue weighted by molar-refractivity contribution is 7.01. The third kappa shape index (κ3) is 4.19. The molecule has 4 heteroatoms. The number of allylic oxidation sites excluding steroid dienone is 1. The molecule has 0 fully saturated rings. The first-order chi connectivity index (χ1) is 30.3. The van der Waals surface area contributed by atoms with Gasteiger partial charge in [0.05, 0.1) is 27.7 Å². The summed E-state index contributed by atoms with van der Waals surface area (Å²) in [7, 11) is 0. The van der Waals surface area contributed by atoms with Crippen molar-refractivity contribution in [1.82, 2.24) is 4.40 Å². The van der Waals surface area contributed by atoms with Gasteiger partial charge in [0, 0.05) is 50.0 Å². The second kappa shape index (κ2) is 12.1. The van der Waals surface area contributed by atoms with Crippen LogP contribution in [0.15, 0.2) is 212 Å². The average molecular weight is 774 g/mol. The Labute approximate surface area is 354 Å². The number of rotatable bonds is 4. The molecule has 0 saturated heterocycles. The minimum absolute atomic E-state index is 0.0423. The van der Waals surface area contributed by atoms with Gasteiger partial charge in [-0.1, -0.05) is 164 Å². The minimum Gasteiger partial charge on any atom is -0.311 e. The molecule has 0 saturated carbocycles. The highest BCUT2D eigenvalue weighted by Gasteiger charge is 2.48. The van der Waals surface area contributed by atoms with E-state index < -0.39 is 5.41 Å². The van der Waals surface area contributed by atoms with Crippen molar-refractivity contribution in [3.05, 3.63) is 235 Å². The highest BCUT2D eigenvalue weighted by Crippen LogP contribution is 2.52. The van der Waals surface area contributed by atoms with Gasteiger partial charge >= 0.3 is 0 Å². The first-order valence-corrected chi connectivity index (χ1v) is 21.3. The molecule has 14 rings (SSSR count). The van der Waals surface area contributed by atoms with Gasteiger partial charge in [-0.05, 0) is 93.2 Å². The molecule has 0 atom stereocenters. The molecule has 3 nitrogen and oxygen atoms in total. The number of benzene rings is 9. The molecule has 0 amide bonds. The standard InChI is InChI=1S/C57H36BN3/c1-5-17-37(18-6-1)57(38-19-7-2-8-20-38)36-35-43-45(57)31-33-51-53(43)58-46-32-34-48-52(44-27-15-26-42-41-25-13-14-28-47(41)61(48)55(42)44)56(46)60(40-23-11-4-12-24-40)50-30-16-29-49(54(50)58)59(51)39-21-9-3-10-22-39/h1-36H. The van der Waals surface area contributed by atoms with E-state index in [0.29, 0.717) is 0 Å². The fourth-order valence-electron chi connectivity index (χ4n) is 11.6. The summed E-state index contributed by atoms with van der Waals surface area (Å²) in [5.74, 6) is 0. The molecule has 0 N–H and O–H groups in total. The number of hydrogen-bond acceptors (Lipinski definition) is 2. The van der Waals surface area contributed by atoms with E-state index in [4.69, 9.17) is 0 Å². The van der Waals surface area contributed by atoms with Crippen LogP contribution in [0.3, 0.4) is 0 Å². The Bertz CT molecular complexity index is 3560. The molecule has 3 aliphatic rings. The van der Waals surface area contributed by atoms with Crippen molar-refractivity contribution >= 4 is 101 Å². The van der Waals surface area contributed by atoms with Crippen LogP contribution in [0.2, 0.25) is 0 Å². The molecule has 2 aliphatic heterocycles. The summed E-state index contributed by atoms with van der Waals surface area (Å²) >= 11 is 0. The van der Waals surface area contributed by atoms with Crippen molar-refractivity contribution in [3.8, 4) is 0 Å². The van der Waals surface area contributed by atoms with Crippen LogP contribution in [0.5, 0.6) is 0 Å². The van der Waals surface area contributed by atoms with Crippen molar-refractivity contribution in [2.45, 2.75) is 5.41 Å². The molecule has 0 bridgehead atoms. The van der Waals surface area contributed by atoms with Gasteiger partial charge in [-0.25, -0.2) is 0 Å². The van der Waals surface area contributed by atoms with Crippen molar-refractivity contribution in [2.24, 2.45) is 0 Å². The lowest BCUT2D eigenvalue weighted by Crippen LogP contribution is -2.62. The van der Waals surface area contributed by atoms with E-state index in [-0.39, 0.29) is 6.71 Å². The van der Waals surface area contributed by atoms with Crippen molar-refractivity contribution < 1.29 is 0 Å². The Morgan fingerprint density at radius 2 is 0.984 bits per heavy atom. The zero-order valence-electron chi connectivity index (χ0n) is 33.2. The molecule has 2 aromatic heterocycles. The molecule has 0 radical (unpaired) electrons. The lowest BCUT2D eigenvalue weighted by molar-refractivity contribution is 0.795. The summed E-state index contributed by atoms with van der Waals surface area (Å²) in [6.45, 7) is -0.0423. The van der Waals surface area contributed by atoms with Crippen LogP contribution >= 0.6 is 0 Å². The average Bonchev–Trinajstić information content (AvgIpc) is 4.01. The predicted molar refractivity (Wildman–Crippen MR) is 257 cm³/mol. The van der Waals surface area contributed by atoms with E-state index >= 15 is 0 Å². The summed E-state index contributed by atoms with van der Waals surface area (Å²) < 4.78 is 2.52. The molecule has 4 heterocycles. The smallest absolute Gasteiger partial charge is 0.252 e. The zero-order valence-corrected chi connectivity index (χ0v) is 33.2. The van der Waals surface area contributed by atoms with E-state index in [0.717, 1.165) is 11.4 Å². The summed E-state index contributed by atoms with van der Waals surface area (Å²) in [6, 6.07) is 76.6. The van der Waals surface area contributed by atoms with E-state index in [1.807, 2.05) is 0 Å². The van der Waals surface area contributed by atoms with Gasteiger partial charge in [0.15, 0.2) is 0 Å². The van der Waals surface area contributed by atoms with Gasteiger partial charge in [-0.3, -0.25) is 0 Å². The third-order valence-corrected chi connectivity index (χ3v) is 14.0. The first-order valence-electron chi connectivity index (χ1n) is 21.3. The Morgan fingerprint density at radius 1 is 0.410 bits per heavy atom. The minimum atomic E-state index is -0.448. The lowest BCUT2D eigenvalue weighted by atomic mass is 9.32. The van der Waals surface area contributed by atoms with Crippen LogP contribution in [0.25, 0.3) is 44.2 Å². The number of nitrogens with zero attached hydrogens (tertiary/aromatic N) is 3. The summed E-state index contributed by atoms with van der Waals surface area (Å²) in [4.78, 5) is 5.09. The van der Waals surface area contributed by atoms with Crippen LogP contribution in [0, 0.1) is 0 Å². The lowest BCUT2D eigenvalue weighted by Gasteiger charge is -2.45. The molecular weight excluding hydrogens is 737 g/mol. The predicted octanol–water partition coefficient (Wildman–Crippen LogP) is 12.3. The largest absolute Gasteiger partial charge is 0.311 e. The van der Waals surface area contributed by atoms with Crippen LogP contribution < -0.4 is 26.2 Å². The quantitative estimate of drug-likeness (QED) is 0.165. The van der Waals surface area contributed by atoms with Gasteiger partial charge in [0.25, 0.3) is 6.71 Å². The number of hydrogen-bond donors (Lipinski definition) is 0. The number of anilines is 6. The van der Waals surface area contributed by atoms with Gasteiger partial charge in [0.2, 0.25) is 0 Å². The molecular formula is C57H36BN3. The van der Waals surface area contributed by atoms with Gasteiger partial charge < -0.3 is 14.2 Å². The molecule has 282 valence electrons. The van der Waals surface area contributed by atoms with Crippen molar-refractivity contribution in [2.75, 3.05) is 9.80 Å². The second-order valence-corrected chi connectivity index (χ2v) is 16.8. The van der Waals surface area contributed by atoms with Crippen LogP contribution in [-0.4, -0.2) is 11.1 Å². The molecule has 0 spiro atoms. The van der Waals surface area contributed by atoms with E-state index in [2.05, 4.69) is 233 Å². The molecule has 61 heavy (non-hydrogen) atoms. The zero-order chi connectivity index (χ0) is 39.8. The number of fused-ring (bicyclic) bond motifs is 13. The second-order valence-electron chi connectivity index (χ2n) is 16.8. The maximum atomic E-state index is 2.57. The van der Waals surface area contributed by atoms with Crippen molar-refractivity contribution in [1.29, 1.82) is 0 Å². The van der Waals surface area contributed by atoms with Gasteiger partial charge in [0.1, 0.15) is 0 Å². The van der Waals surface area contributed by atoms with E-state index in [9.17, 15) is 0 Å². The topological polar surface area (TPSA) is 10.9 Å². The van der Waals surface area contributed by atoms with Crippen LogP contribution in [0.4, 0.5) is 34.1 Å². The number of para-hydroxylation sites is 4. The monoisotopic (exact) mass is 773 g/mol. The Morgan fingerprint density at radius 3 is 1.70 bits per heavy atom.